The average molecular weight is 270 g/mol. The molecule has 2 rings (SSSR count). The lowest BCUT2D eigenvalue weighted by atomic mass is 10.1. The van der Waals surface area contributed by atoms with Crippen molar-refractivity contribution in [2.24, 2.45) is 5.73 Å². The van der Waals surface area contributed by atoms with Crippen LogP contribution in [-0.2, 0) is 0 Å². The van der Waals surface area contributed by atoms with Crippen molar-refractivity contribution in [2.45, 2.75) is 6.92 Å². The standard InChI is InChI=1S/C15H14N2OS/c1-11-8-12(4-2-6-16)10-13(9-11)17-15(18)14-5-3-7-19-14/h3,5,7-10H,6,16H2,1H3,(H,17,18). The molecule has 0 bridgehead atoms. The van der Waals surface area contributed by atoms with E-state index in [9.17, 15) is 4.79 Å². The first-order valence-corrected chi connectivity index (χ1v) is 6.72. The molecule has 0 atom stereocenters. The van der Waals surface area contributed by atoms with Gasteiger partial charge in [-0.3, -0.25) is 4.79 Å². The number of hydrogen-bond donors (Lipinski definition) is 2. The van der Waals surface area contributed by atoms with Crippen LogP contribution in [0.25, 0.3) is 0 Å². The Bertz CT molecular complexity index is 636. The minimum Gasteiger partial charge on any atom is -0.321 e. The largest absolute Gasteiger partial charge is 0.321 e. The summed E-state index contributed by atoms with van der Waals surface area (Å²) in [5.74, 6) is 5.68. The number of nitrogens with two attached hydrogens (primary N) is 1. The number of carbonyl (C=O) groups excluding carboxylic acids is 1. The summed E-state index contributed by atoms with van der Waals surface area (Å²) in [6.07, 6.45) is 0. The van der Waals surface area contributed by atoms with Crippen molar-refractivity contribution in [2.75, 3.05) is 11.9 Å². The van der Waals surface area contributed by atoms with E-state index in [0.717, 1.165) is 16.8 Å². The minimum absolute atomic E-state index is 0.0988. The molecule has 1 amide bonds. The maximum atomic E-state index is 12.0. The predicted molar refractivity (Wildman–Crippen MR) is 79.4 cm³/mol. The molecule has 4 heteroatoms. The number of anilines is 1. The third-order valence-corrected chi connectivity index (χ3v) is 3.28. The molecule has 0 spiro atoms. The summed E-state index contributed by atoms with van der Waals surface area (Å²) in [6.45, 7) is 2.29. The Morgan fingerprint density at radius 2 is 2.26 bits per heavy atom. The van der Waals surface area contributed by atoms with E-state index < -0.39 is 0 Å². The summed E-state index contributed by atoms with van der Waals surface area (Å²) >= 11 is 1.42. The lowest BCUT2D eigenvalue weighted by Gasteiger charge is -2.06. The first-order chi connectivity index (χ1) is 9.19. The second kappa shape index (κ2) is 6.19. The number of rotatable bonds is 2. The van der Waals surface area contributed by atoms with E-state index in [1.165, 1.54) is 11.3 Å². The normalized spacial score (nSPS) is 9.58. The summed E-state index contributed by atoms with van der Waals surface area (Å²) in [5.41, 5.74) is 8.01. The quantitative estimate of drug-likeness (QED) is 0.824. The van der Waals surface area contributed by atoms with Gasteiger partial charge in [0.05, 0.1) is 11.4 Å². The molecule has 0 aliphatic rings. The van der Waals surface area contributed by atoms with Crippen LogP contribution in [0.5, 0.6) is 0 Å². The Hall–Kier alpha value is -2.09. The van der Waals surface area contributed by atoms with Gasteiger partial charge in [-0.2, -0.15) is 0 Å². The molecule has 3 N–H and O–H groups in total. The Kier molecular flexibility index (Phi) is 4.35. The van der Waals surface area contributed by atoms with E-state index in [0.29, 0.717) is 11.4 Å². The molecule has 0 saturated carbocycles. The van der Waals surface area contributed by atoms with Crippen molar-refractivity contribution >= 4 is 22.9 Å². The maximum Gasteiger partial charge on any atom is 0.265 e. The Balaban J connectivity index is 2.20. The molecule has 0 radical (unpaired) electrons. The number of aryl methyl sites for hydroxylation is 1. The Morgan fingerprint density at radius 3 is 2.95 bits per heavy atom. The predicted octanol–water partition coefficient (Wildman–Crippen LogP) is 2.62. The zero-order valence-corrected chi connectivity index (χ0v) is 11.4. The third kappa shape index (κ3) is 3.68. The zero-order valence-electron chi connectivity index (χ0n) is 10.6. The van der Waals surface area contributed by atoms with Crippen molar-refractivity contribution in [3.8, 4) is 11.8 Å². The monoisotopic (exact) mass is 270 g/mol. The summed E-state index contributed by atoms with van der Waals surface area (Å²) in [6, 6.07) is 9.38. The van der Waals surface area contributed by atoms with Gasteiger partial charge in [0, 0.05) is 11.3 Å². The van der Waals surface area contributed by atoms with Gasteiger partial charge in [0.15, 0.2) is 0 Å². The van der Waals surface area contributed by atoms with E-state index in [4.69, 9.17) is 5.73 Å². The molecule has 3 nitrogen and oxygen atoms in total. The van der Waals surface area contributed by atoms with Crippen LogP contribution in [-0.4, -0.2) is 12.5 Å². The molecular formula is C15H14N2OS. The molecule has 0 aliphatic heterocycles. The van der Waals surface area contributed by atoms with Crippen molar-refractivity contribution in [3.05, 3.63) is 51.7 Å². The van der Waals surface area contributed by atoms with Crippen molar-refractivity contribution < 1.29 is 4.79 Å². The summed E-state index contributed by atoms with van der Waals surface area (Å²) in [7, 11) is 0. The van der Waals surface area contributed by atoms with Crippen LogP contribution in [0.15, 0.2) is 35.7 Å². The number of thiophene rings is 1. The molecule has 0 aliphatic carbocycles. The lowest BCUT2D eigenvalue weighted by molar-refractivity contribution is 0.103. The molecule has 1 aromatic carbocycles. The van der Waals surface area contributed by atoms with Crippen LogP contribution >= 0.6 is 11.3 Å². The second-order valence-electron chi connectivity index (χ2n) is 4.03. The highest BCUT2D eigenvalue weighted by atomic mass is 32.1. The fourth-order valence-electron chi connectivity index (χ4n) is 1.68. The van der Waals surface area contributed by atoms with Crippen LogP contribution in [0.2, 0.25) is 0 Å². The van der Waals surface area contributed by atoms with Gasteiger partial charge in [0.1, 0.15) is 0 Å². The summed E-state index contributed by atoms with van der Waals surface area (Å²) in [5, 5.41) is 4.75. The minimum atomic E-state index is -0.0988. The third-order valence-electron chi connectivity index (χ3n) is 2.41. The first kappa shape index (κ1) is 13.3. The second-order valence-corrected chi connectivity index (χ2v) is 4.97. The highest BCUT2D eigenvalue weighted by Crippen LogP contribution is 2.16. The fraction of sp³-hybridized carbons (Fsp3) is 0.133. The van der Waals surface area contributed by atoms with Crippen LogP contribution in [0.1, 0.15) is 20.8 Å². The highest BCUT2D eigenvalue weighted by Gasteiger charge is 2.07. The van der Waals surface area contributed by atoms with E-state index >= 15 is 0 Å². The van der Waals surface area contributed by atoms with Crippen molar-refractivity contribution in [1.82, 2.24) is 0 Å². The molecule has 96 valence electrons. The number of benzene rings is 1. The smallest absolute Gasteiger partial charge is 0.265 e. The van der Waals surface area contributed by atoms with Crippen molar-refractivity contribution in [3.63, 3.8) is 0 Å². The average Bonchev–Trinajstić information content (AvgIpc) is 2.89. The zero-order chi connectivity index (χ0) is 13.7. The number of nitrogens with one attached hydrogen (secondary N) is 1. The van der Waals surface area contributed by atoms with Gasteiger partial charge >= 0.3 is 0 Å². The van der Waals surface area contributed by atoms with E-state index in [1.54, 1.807) is 6.07 Å². The van der Waals surface area contributed by atoms with Crippen molar-refractivity contribution in [1.29, 1.82) is 0 Å². The fourth-order valence-corrected chi connectivity index (χ4v) is 2.30. The Morgan fingerprint density at radius 1 is 1.42 bits per heavy atom. The van der Waals surface area contributed by atoms with Gasteiger partial charge in [-0.15, -0.1) is 11.3 Å². The van der Waals surface area contributed by atoms with E-state index in [2.05, 4.69) is 17.2 Å². The van der Waals surface area contributed by atoms with Crippen LogP contribution in [0, 0.1) is 18.8 Å². The number of hydrogen-bond acceptors (Lipinski definition) is 3. The van der Waals surface area contributed by atoms with Gasteiger partial charge in [-0.25, -0.2) is 0 Å². The number of carbonyl (C=O) groups is 1. The van der Waals surface area contributed by atoms with Gasteiger partial charge < -0.3 is 11.1 Å². The molecule has 0 saturated heterocycles. The topological polar surface area (TPSA) is 55.1 Å². The van der Waals surface area contributed by atoms with Crippen LogP contribution < -0.4 is 11.1 Å². The highest BCUT2D eigenvalue weighted by molar-refractivity contribution is 7.12. The van der Waals surface area contributed by atoms with E-state index in [1.807, 2.05) is 36.6 Å². The molecular weight excluding hydrogens is 256 g/mol. The first-order valence-electron chi connectivity index (χ1n) is 5.84. The lowest BCUT2D eigenvalue weighted by Crippen LogP contribution is -2.10. The van der Waals surface area contributed by atoms with Gasteiger partial charge in [-0.1, -0.05) is 17.9 Å². The maximum absolute atomic E-state index is 12.0. The van der Waals surface area contributed by atoms with Gasteiger partial charge in [-0.05, 0) is 42.1 Å². The van der Waals surface area contributed by atoms with Crippen LogP contribution in [0.4, 0.5) is 5.69 Å². The van der Waals surface area contributed by atoms with Gasteiger partial charge in [0.2, 0.25) is 0 Å². The number of amides is 1. The molecule has 0 unspecified atom stereocenters. The van der Waals surface area contributed by atoms with Gasteiger partial charge in [0.25, 0.3) is 5.91 Å². The van der Waals surface area contributed by atoms with E-state index in [-0.39, 0.29) is 5.91 Å². The molecule has 1 heterocycles. The molecule has 0 fully saturated rings. The molecule has 19 heavy (non-hydrogen) atoms. The van der Waals surface area contributed by atoms with Crippen LogP contribution in [0.3, 0.4) is 0 Å². The summed E-state index contributed by atoms with van der Waals surface area (Å²) in [4.78, 5) is 12.6. The summed E-state index contributed by atoms with van der Waals surface area (Å²) < 4.78 is 0. The molecule has 2 aromatic rings. The molecule has 1 aromatic heterocycles. The Labute approximate surface area is 116 Å². The SMILES string of the molecule is Cc1cc(C#CCN)cc(NC(=O)c2cccs2)c1.